The van der Waals surface area contributed by atoms with E-state index < -0.39 is 22.8 Å². The van der Waals surface area contributed by atoms with Crippen molar-refractivity contribution in [2.75, 3.05) is 26.9 Å². The molecular weight excluding hydrogens is 492 g/mol. The number of non-ortho nitro benzene ring substituents is 1. The number of nitrogens with zero attached hydrogens (tertiary/aromatic N) is 1. The maximum Gasteiger partial charge on any atom is 0.336 e. The second-order valence-electron chi connectivity index (χ2n) is 8.79. The molecule has 0 amide bonds. The summed E-state index contributed by atoms with van der Waals surface area (Å²) in [7, 11) is 1.24. The summed E-state index contributed by atoms with van der Waals surface area (Å²) in [5.41, 5.74) is 2.63. The van der Waals surface area contributed by atoms with E-state index in [4.69, 9.17) is 19.3 Å². The van der Waals surface area contributed by atoms with Crippen LogP contribution >= 0.6 is 0 Å². The molecule has 2 N–H and O–H groups in total. The Kier molecular flexibility index (Phi) is 10.0. The van der Waals surface area contributed by atoms with Crippen LogP contribution in [0.4, 0.5) is 5.69 Å². The number of hydrogen-bond acceptors (Lipinski definition) is 9. The molecule has 10 heteroatoms. The van der Waals surface area contributed by atoms with Crippen LogP contribution in [0.15, 0.2) is 71.1 Å². The zero-order valence-electron chi connectivity index (χ0n) is 21.7. The predicted molar refractivity (Wildman–Crippen MR) is 139 cm³/mol. The van der Waals surface area contributed by atoms with E-state index in [9.17, 15) is 19.7 Å². The summed E-state index contributed by atoms with van der Waals surface area (Å²) >= 11 is 0. The smallest absolute Gasteiger partial charge is 0.336 e. The highest BCUT2D eigenvalue weighted by molar-refractivity contribution is 5.99. The number of nitrogens with one attached hydrogen (secondary N) is 1. The molecule has 0 aliphatic carbocycles. The van der Waals surface area contributed by atoms with Crippen LogP contribution < -0.4 is 10.1 Å². The first-order valence-electron chi connectivity index (χ1n) is 12.3. The number of carbonyl (C=O) groups is 2. The molecule has 1 aliphatic rings. The van der Waals surface area contributed by atoms with Gasteiger partial charge >= 0.3 is 11.9 Å². The van der Waals surface area contributed by atoms with Crippen LogP contribution in [0.1, 0.15) is 43.7 Å². The van der Waals surface area contributed by atoms with E-state index in [-0.39, 0.29) is 30.0 Å². The van der Waals surface area contributed by atoms with Crippen LogP contribution in [0.2, 0.25) is 0 Å². The number of methoxy groups -OCH3 is 1. The van der Waals surface area contributed by atoms with Crippen LogP contribution in [0, 0.1) is 10.1 Å². The average Bonchev–Trinajstić information content (AvgIpc) is 2.90. The van der Waals surface area contributed by atoms with E-state index in [2.05, 4.69) is 5.32 Å². The number of benzene rings is 2. The molecule has 1 heterocycles. The normalized spacial score (nSPS) is 15.1. The Morgan fingerprint density at radius 1 is 1.00 bits per heavy atom. The third-order valence-electron chi connectivity index (χ3n) is 6.16. The summed E-state index contributed by atoms with van der Waals surface area (Å²) in [4.78, 5) is 36.8. The van der Waals surface area contributed by atoms with Gasteiger partial charge in [0.15, 0.2) is 0 Å². The summed E-state index contributed by atoms with van der Waals surface area (Å²) in [5, 5.41) is 23.4. The van der Waals surface area contributed by atoms with E-state index in [1.165, 1.54) is 25.3 Å². The fraction of sp³-hybridized carbons (Fsp3) is 0.357. The van der Waals surface area contributed by atoms with Gasteiger partial charge in [0.05, 0.1) is 42.3 Å². The molecule has 1 unspecified atom stereocenters. The highest BCUT2D eigenvalue weighted by Gasteiger charge is 2.38. The zero-order valence-corrected chi connectivity index (χ0v) is 21.7. The maximum atomic E-state index is 13.2. The number of aliphatic hydroxyl groups excluding tert-OH is 1. The molecule has 0 aromatic heterocycles. The van der Waals surface area contributed by atoms with Gasteiger partial charge in [-0.3, -0.25) is 10.1 Å². The Labute approximate surface area is 221 Å². The summed E-state index contributed by atoms with van der Waals surface area (Å²) in [6.45, 7) is 4.04. The lowest BCUT2D eigenvalue weighted by atomic mass is 9.80. The molecule has 0 bridgehead atoms. The van der Waals surface area contributed by atoms with Crippen molar-refractivity contribution in [1.29, 1.82) is 0 Å². The molecule has 2 aromatic carbocycles. The van der Waals surface area contributed by atoms with Crippen molar-refractivity contribution in [2.45, 2.75) is 39.0 Å². The van der Waals surface area contributed by atoms with Gasteiger partial charge in [-0.15, -0.1) is 0 Å². The van der Waals surface area contributed by atoms with Gasteiger partial charge < -0.3 is 24.6 Å². The number of esters is 2. The lowest BCUT2D eigenvalue weighted by molar-refractivity contribution is -0.384. The third-order valence-corrected chi connectivity index (χ3v) is 6.16. The Morgan fingerprint density at radius 3 is 2.29 bits per heavy atom. The first kappa shape index (κ1) is 28.4. The molecule has 1 atom stereocenters. The van der Waals surface area contributed by atoms with Crippen molar-refractivity contribution in [2.24, 2.45) is 0 Å². The van der Waals surface area contributed by atoms with Gasteiger partial charge in [-0.1, -0.05) is 24.3 Å². The minimum absolute atomic E-state index is 0.0946. The molecule has 0 spiro atoms. The lowest BCUT2D eigenvalue weighted by Crippen LogP contribution is -2.32. The minimum atomic E-state index is -0.895. The van der Waals surface area contributed by atoms with Crippen LogP contribution in [-0.4, -0.2) is 48.9 Å². The monoisotopic (exact) mass is 524 g/mol. The molecular formula is C28H32N2O8. The Bertz CT molecular complexity index is 1230. The van der Waals surface area contributed by atoms with Gasteiger partial charge in [0, 0.05) is 30.1 Å². The van der Waals surface area contributed by atoms with E-state index in [1.807, 2.05) is 24.3 Å². The van der Waals surface area contributed by atoms with E-state index in [0.29, 0.717) is 42.8 Å². The molecule has 0 saturated carbocycles. The summed E-state index contributed by atoms with van der Waals surface area (Å²) < 4.78 is 16.2. The highest BCUT2D eigenvalue weighted by atomic mass is 16.6. The number of ether oxygens (including phenoxy) is 3. The standard InChI is InChI=1S/C28H32N2O8/c1-18-24(27(32)36-3)26(21-7-6-8-22(17-21)30(34)35)25(19(2)29-18)28(33)38-16-5-4-15-37-23-11-9-20(10-12-23)13-14-31/h6-12,17,26,29,31H,4-5,13-16H2,1-3H3. The minimum Gasteiger partial charge on any atom is -0.494 e. The van der Waals surface area contributed by atoms with Crippen molar-refractivity contribution in [3.8, 4) is 5.75 Å². The van der Waals surface area contributed by atoms with E-state index in [0.717, 1.165) is 11.3 Å². The topological polar surface area (TPSA) is 137 Å². The highest BCUT2D eigenvalue weighted by Crippen LogP contribution is 2.40. The van der Waals surface area contributed by atoms with Crippen LogP contribution in [-0.2, 0) is 25.5 Å². The van der Waals surface area contributed by atoms with E-state index >= 15 is 0 Å². The largest absolute Gasteiger partial charge is 0.494 e. The molecule has 202 valence electrons. The molecule has 0 radical (unpaired) electrons. The second kappa shape index (κ2) is 13.4. The first-order valence-corrected chi connectivity index (χ1v) is 12.3. The number of hydrogen-bond donors (Lipinski definition) is 2. The van der Waals surface area contributed by atoms with Crippen LogP contribution in [0.25, 0.3) is 0 Å². The number of nitro groups is 1. The number of aliphatic hydroxyl groups is 1. The van der Waals surface area contributed by atoms with Crippen LogP contribution in [0.3, 0.4) is 0 Å². The predicted octanol–water partition coefficient (Wildman–Crippen LogP) is 3.94. The second-order valence-corrected chi connectivity index (χ2v) is 8.79. The average molecular weight is 525 g/mol. The number of carbonyl (C=O) groups excluding carboxylic acids is 2. The quantitative estimate of drug-likeness (QED) is 0.183. The molecule has 38 heavy (non-hydrogen) atoms. The summed E-state index contributed by atoms with van der Waals surface area (Å²) in [5.74, 6) is -1.45. The summed E-state index contributed by atoms with van der Waals surface area (Å²) in [6.07, 6.45) is 1.78. The van der Waals surface area contributed by atoms with Gasteiger partial charge in [0.1, 0.15) is 5.75 Å². The molecule has 10 nitrogen and oxygen atoms in total. The van der Waals surface area contributed by atoms with Gasteiger partial charge in [-0.05, 0) is 56.4 Å². The molecule has 0 fully saturated rings. The number of dihydropyridines is 1. The SMILES string of the molecule is COC(=O)C1=C(C)NC(C)=C(C(=O)OCCCCOc2ccc(CCO)cc2)C1c1cccc([N+](=O)[O-])c1. The number of nitro benzene ring substituents is 1. The lowest BCUT2D eigenvalue weighted by Gasteiger charge is -2.30. The van der Waals surface area contributed by atoms with Gasteiger partial charge in [0.25, 0.3) is 5.69 Å². The Hall–Kier alpha value is -4.18. The molecule has 2 aromatic rings. The Morgan fingerprint density at radius 2 is 1.66 bits per heavy atom. The van der Waals surface area contributed by atoms with Gasteiger partial charge in [0.2, 0.25) is 0 Å². The van der Waals surface area contributed by atoms with Crippen molar-refractivity contribution in [1.82, 2.24) is 5.32 Å². The molecule has 1 aliphatic heterocycles. The van der Waals surface area contributed by atoms with Gasteiger partial charge in [-0.25, -0.2) is 9.59 Å². The van der Waals surface area contributed by atoms with Crippen molar-refractivity contribution >= 4 is 17.6 Å². The zero-order chi connectivity index (χ0) is 27.7. The van der Waals surface area contributed by atoms with Gasteiger partial charge in [-0.2, -0.15) is 0 Å². The number of rotatable bonds is 12. The third kappa shape index (κ3) is 6.98. The fourth-order valence-electron chi connectivity index (χ4n) is 4.31. The maximum absolute atomic E-state index is 13.2. The van der Waals surface area contributed by atoms with Crippen molar-refractivity contribution < 1.29 is 33.8 Å². The van der Waals surface area contributed by atoms with Crippen molar-refractivity contribution in [3.05, 3.63) is 92.3 Å². The number of allylic oxidation sites excluding steroid dienone is 2. The molecule has 3 rings (SSSR count). The fourth-order valence-corrected chi connectivity index (χ4v) is 4.31. The van der Waals surface area contributed by atoms with E-state index in [1.54, 1.807) is 19.9 Å². The Balaban J connectivity index is 1.67. The summed E-state index contributed by atoms with van der Waals surface area (Å²) in [6, 6.07) is 13.3. The number of unbranched alkanes of at least 4 members (excludes halogenated alkanes) is 1. The van der Waals surface area contributed by atoms with Crippen molar-refractivity contribution in [3.63, 3.8) is 0 Å². The van der Waals surface area contributed by atoms with Crippen LogP contribution in [0.5, 0.6) is 5.75 Å². The first-order chi connectivity index (χ1) is 18.3. The molecule has 0 saturated heterocycles.